The Morgan fingerprint density at radius 3 is 2.41 bits per heavy atom. The van der Waals surface area contributed by atoms with Crippen LogP contribution in [-0.4, -0.2) is 26.8 Å². The number of hydrogen-bond acceptors (Lipinski definition) is 1. The topological polar surface area (TPSA) is 3.24 Å². The first-order valence-electron chi connectivity index (χ1n) is 8.48. The van der Waals surface area contributed by atoms with Gasteiger partial charge in [-0.1, -0.05) is 68.2 Å². The average molecular weight is 312 g/mol. The second kappa shape index (κ2) is 8.18. The van der Waals surface area contributed by atoms with Crippen LogP contribution >= 0.6 is 0 Å². The zero-order valence-electron chi connectivity index (χ0n) is 14.3. The maximum Gasteiger partial charge on any atom is 0.0437 e. The van der Waals surface area contributed by atoms with Crippen LogP contribution < -0.4 is 0 Å². The molecule has 1 unspecified atom stereocenters. The van der Waals surface area contributed by atoms with Gasteiger partial charge < -0.3 is 4.90 Å². The first-order chi connectivity index (χ1) is 10.7. The summed E-state index contributed by atoms with van der Waals surface area (Å²) in [7, 11) is -0.645. The van der Waals surface area contributed by atoms with Crippen LogP contribution in [0.25, 0.3) is 5.70 Å². The lowest BCUT2D eigenvalue weighted by Gasteiger charge is -2.19. The SMILES string of the molecule is C=CC=CC.C[SiH](C)C1C=C(N2CCCC2)c2ccccc21. The summed E-state index contributed by atoms with van der Waals surface area (Å²) in [4.78, 5) is 2.59. The highest BCUT2D eigenvalue weighted by atomic mass is 28.3. The second-order valence-electron chi connectivity index (χ2n) is 6.36. The number of allylic oxidation sites excluding steroid dienone is 4. The minimum absolute atomic E-state index is 0.645. The maximum absolute atomic E-state index is 3.46. The fourth-order valence-electron chi connectivity index (χ4n) is 3.29. The van der Waals surface area contributed by atoms with Gasteiger partial charge in [0.25, 0.3) is 0 Å². The molecule has 1 aromatic carbocycles. The molecular weight excluding hydrogens is 282 g/mol. The first kappa shape index (κ1) is 16.8. The third kappa shape index (κ3) is 3.80. The van der Waals surface area contributed by atoms with Gasteiger partial charge in [-0.05, 0) is 30.9 Å². The molecule has 1 aliphatic carbocycles. The van der Waals surface area contributed by atoms with E-state index in [9.17, 15) is 0 Å². The number of nitrogens with zero attached hydrogens (tertiary/aromatic N) is 1. The Kier molecular flexibility index (Phi) is 6.26. The second-order valence-corrected chi connectivity index (χ2v) is 9.57. The van der Waals surface area contributed by atoms with E-state index >= 15 is 0 Å². The van der Waals surface area contributed by atoms with E-state index in [0.717, 1.165) is 5.54 Å². The standard InChI is InChI=1S/C15H21NSi.C5H8/c1-17(2)15-11-14(16-9-5-6-10-16)12-7-3-4-8-13(12)15;1-3-5-4-2/h3-4,7-8,11,15,17H,5-6,9-10H2,1-2H3;3-5H,1H2,2H3. The van der Waals surface area contributed by atoms with Crippen molar-refractivity contribution in [1.82, 2.24) is 4.90 Å². The molecule has 0 bridgehead atoms. The van der Waals surface area contributed by atoms with E-state index in [0.29, 0.717) is 0 Å². The zero-order valence-corrected chi connectivity index (χ0v) is 15.4. The van der Waals surface area contributed by atoms with E-state index in [1.165, 1.54) is 37.2 Å². The molecule has 0 radical (unpaired) electrons. The monoisotopic (exact) mass is 311 g/mol. The predicted molar refractivity (Wildman–Crippen MR) is 102 cm³/mol. The Morgan fingerprint density at radius 2 is 1.86 bits per heavy atom. The number of likely N-dealkylation sites (tertiary alicyclic amines) is 1. The van der Waals surface area contributed by atoms with Crippen molar-refractivity contribution in [3.8, 4) is 0 Å². The van der Waals surface area contributed by atoms with Crippen molar-refractivity contribution in [2.24, 2.45) is 0 Å². The molecule has 1 nitrogen and oxygen atoms in total. The van der Waals surface area contributed by atoms with Crippen LogP contribution in [0.15, 0.2) is 55.1 Å². The quantitative estimate of drug-likeness (QED) is 0.561. The van der Waals surface area contributed by atoms with Crippen LogP contribution in [0.5, 0.6) is 0 Å². The Morgan fingerprint density at radius 1 is 1.18 bits per heavy atom. The molecule has 1 saturated heterocycles. The third-order valence-electron chi connectivity index (χ3n) is 4.43. The summed E-state index contributed by atoms with van der Waals surface area (Å²) in [5, 5.41) is 0. The van der Waals surface area contributed by atoms with Crippen molar-refractivity contribution in [2.45, 2.75) is 38.4 Å². The summed E-state index contributed by atoms with van der Waals surface area (Å²) in [5.74, 6) is 0. The smallest absolute Gasteiger partial charge is 0.0437 e. The number of fused-ring (bicyclic) bond motifs is 1. The Hall–Kier alpha value is -1.54. The van der Waals surface area contributed by atoms with Gasteiger partial charge in [0.1, 0.15) is 0 Å². The van der Waals surface area contributed by atoms with Crippen molar-refractivity contribution >= 4 is 14.5 Å². The van der Waals surface area contributed by atoms with Crippen LogP contribution in [-0.2, 0) is 0 Å². The van der Waals surface area contributed by atoms with Crippen LogP contribution in [0.2, 0.25) is 13.1 Å². The highest BCUT2D eigenvalue weighted by Crippen LogP contribution is 2.39. The molecule has 22 heavy (non-hydrogen) atoms. The first-order valence-corrected chi connectivity index (χ1v) is 11.5. The molecule has 3 rings (SSSR count). The van der Waals surface area contributed by atoms with Crippen molar-refractivity contribution in [3.05, 3.63) is 66.3 Å². The van der Waals surface area contributed by atoms with Gasteiger partial charge in [0.2, 0.25) is 0 Å². The van der Waals surface area contributed by atoms with Crippen molar-refractivity contribution < 1.29 is 0 Å². The van der Waals surface area contributed by atoms with Crippen LogP contribution in [0.3, 0.4) is 0 Å². The molecule has 0 N–H and O–H groups in total. The lowest BCUT2D eigenvalue weighted by atomic mass is 10.1. The molecule has 0 saturated carbocycles. The van der Waals surface area contributed by atoms with Crippen molar-refractivity contribution in [3.63, 3.8) is 0 Å². The number of hydrogen-bond donors (Lipinski definition) is 0. The Balaban J connectivity index is 0.000000309. The molecule has 0 aromatic heterocycles. The molecular formula is C20H29NSi. The summed E-state index contributed by atoms with van der Waals surface area (Å²) in [5.41, 5.74) is 5.39. The summed E-state index contributed by atoms with van der Waals surface area (Å²) >= 11 is 0. The summed E-state index contributed by atoms with van der Waals surface area (Å²) in [6.45, 7) is 12.9. The molecule has 0 amide bonds. The minimum Gasteiger partial charge on any atom is -0.371 e. The van der Waals surface area contributed by atoms with Crippen molar-refractivity contribution in [1.29, 1.82) is 0 Å². The van der Waals surface area contributed by atoms with E-state index in [1.54, 1.807) is 11.6 Å². The maximum atomic E-state index is 3.46. The van der Waals surface area contributed by atoms with Gasteiger partial charge in [-0.15, -0.1) is 0 Å². The number of rotatable bonds is 3. The van der Waals surface area contributed by atoms with E-state index in [-0.39, 0.29) is 0 Å². The highest BCUT2D eigenvalue weighted by molar-refractivity contribution is 6.58. The summed E-state index contributed by atoms with van der Waals surface area (Å²) in [6.07, 6.45) is 10.9. The molecule has 1 aromatic rings. The largest absolute Gasteiger partial charge is 0.371 e. The van der Waals surface area contributed by atoms with Crippen LogP contribution in [0.4, 0.5) is 0 Å². The lowest BCUT2D eigenvalue weighted by molar-refractivity contribution is 0.494. The van der Waals surface area contributed by atoms with Gasteiger partial charge in [0.05, 0.1) is 0 Å². The average Bonchev–Trinajstić information content (AvgIpc) is 3.16. The van der Waals surface area contributed by atoms with Gasteiger partial charge in [-0.3, -0.25) is 0 Å². The predicted octanol–water partition coefficient (Wildman–Crippen LogP) is 4.99. The molecule has 0 spiro atoms. The normalized spacial score (nSPS) is 19.9. The molecule has 1 heterocycles. The van der Waals surface area contributed by atoms with E-state index in [1.807, 2.05) is 19.1 Å². The van der Waals surface area contributed by atoms with Gasteiger partial charge in [0, 0.05) is 33.1 Å². The van der Waals surface area contributed by atoms with Crippen LogP contribution in [0.1, 0.15) is 36.4 Å². The van der Waals surface area contributed by atoms with Gasteiger partial charge in [-0.25, -0.2) is 0 Å². The van der Waals surface area contributed by atoms with Crippen molar-refractivity contribution in [2.75, 3.05) is 13.1 Å². The number of benzene rings is 1. The Labute approximate surface area is 137 Å². The minimum atomic E-state index is -0.645. The van der Waals surface area contributed by atoms with Gasteiger partial charge in [0.15, 0.2) is 0 Å². The zero-order chi connectivity index (χ0) is 15.9. The molecule has 2 aliphatic rings. The van der Waals surface area contributed by atoms with Gasteiger partial charge >= 0.3 is 0 Å². The van der Waals surface area contributed by atoms with E-state index in [2.05, 4.69) is 54.9 Å². The fraction of sp³-hybridized carbons (Fsp3) is 0.400. The van der Waals surface area contributed by atoms with E-state index in [4.69, 9.17) is 0 Å². The third-order valence-corrected chi connectivity index (χ3v) is 6.41. The molecule has 1 aliphatic heterocycles. The highest BCUT2D eigenvalue weighted by Gasteiger charge is 2.29. The fourth-order valence-corrected chi connectivity index (χ4v) is 4.87. The Bertz CT molecular complexity index is 551. The van der Waals surface area contributed by atoms with E-state index < -0.39 is 8.80 Å². The lowest BCUT2D eigenvalue weighted by Crippen LogP contribution is -2.16. The van der Waals surface area contributed by atoms with Gasteiger partial charge in [-0.2, -0.15) is 0 Å². The summed E-state index contributed by atoms with van der Waals surface area (Å²) in [6, 6.07) is 9.04. The molecule has 1 fully saturated rings. The summed E-state index contributed by atoms with van der Waals surface area (Å²) < 4.78 is 0. The molecule has 1 atom stereocenters. The molecule has 2 heteroatoms. The van der Waals surface area contributed by atoms with Crippen LogP contribution in [0, 0.1) is 0 Å². The molecule has 118 valence electrons.